The van der Waals surface area contributed by atoms with E-state index in [1.165, 1.54) is 12.8 Å². The van der Waals surface area contributed by atoms with Gasteiger partial charge >= 0.3 is 0 Å². The van der Waals surface area contributed by atoms with Gasteiger partial charge < -0.3 is 9.88 Å². The van der Waals surface area contributed by atoms with Crippen LogP contribution >= 0.6 is 0 Å². The minimum Gasteiger partial charge on any atom is -0.349 e. The van der Waals surface area contributed by atoms with Gasteiger partial charge in [0.1, 0.15) is 11.3 Å². The average Bonchev–Trinajstić information content (AvgIpc) is 3.29. The summed E-state index contributed by atoms with van der Waals surface area (Å²) in [6, 6.07) is 12.1. The molecule has 5 heteroatoms. The summed E-state index contributed by atoms with van der Waals surface area (Å²) in [4.78, 5) is 21.9. The third-order valence-corrected chi connectivity index (χ3v) is 5.04. The molecule has 1 amide bonds. The molecule has 4 rings (SSSR count). The molecule has 26 heavy (non-hydrogen) atoms. The summed E-state index contributed by atoms with van der Waals surface area (Å²) in [5, 5.41) is 3.16. The highest BCUT2D eigenvalue weighted by molar-refractivity contribution is 5.95. The maximum Gasteiger partial charge on any atom is 0.251 e. The number of amides is 1. The van der Waals surface area contributed by atoms with Crippen LogP contribution in [0.25, 0.3) is 22.6 Å². The van der Waals surface area contributed by atoms with E-state index in [2.05, 4.69) is 28.7 Å². The normalized spacial score (nSPS) is 15.0. The minimum absolute atomic E-state index is 0.00378. The molecule has 1 aliphatic carbocycles. The number of nitrogens with zero attached hydrogens (tertiary/aromatic N) is 3. The molecule has 134 valence electrons. The van der Waals surface area contributed by atoms with Crippen LogP contribution in [0.5, 0.6) is 0 Å². The van der Waals surface area contributed by atoms with E-state index in [1.54, 1.807) is 6.20 Å². The fourth-order valence-corrected chi connectivity index (χ4v) is 3.76. The van der Waals surface area contributed by atoms with E-state index in [0.717, 1.165) is 35.4 Å². The van der Waals surface area contributed by atoms with E-state index in [1.807, 2.05) is 36.4 Å². The van der Waals surface area contributed by atoms with Crippen molar-refractivity contribution in [3.8, 4) is 11.4 Å². The first kappa shape index (κ1) is 16.8. The zero-order valence-corrected chi connectivity index (χ0v) is 15.3. The Labute approximate surface area is 153 Å². The summed E-state index contributed by atoms with van der Waals surface area (Å²) >= 11 is 0. The van der Waals surface area contributed by atoms with Gasteiger partial charge in [-0.3, -0.25) is 4.79 Å². The van der Waals surface area contributed by atoms with Gasteiger partial charge in [0.15, 0.2) is 5.65 Å². The maximum absolute atomic E-state index is 12.6. The second-order valence-electron chi connectivity index (χ2n) is 7.28. The summed E-state index contributed by atoms with van der Waals surface area (Å²) in [6.45, 7) is 4.24. The number of imidazole rings is 1. The van der Waals surface area contributed by atoms with Crippen LogP contribution in [0.15, 0.2) is 42.6 Å². The Morgan fingerprint density at radius 2 is 2.00 bits per heavy atom. The first-order valence-electron chi connectivity index (χ1n) is 9.38. The van der Waals surface area contributed by atoms with E-state index >= 15 is 0 Å². The number of carbonyl (C=O) groups is 1. The Hall–Kier alpha value is -2.69. The summed E-state index contributed by atoms with van der Waals surface area (Å²) in [7, 11) is 0. The summed E-state index contributed by atoms with van der Waals surface area (Å²) in [5.41, 5.74) is 3.37. The van der Waals surface area contributed by atoms with Gasteiger partial charge in [-0.05, 0) is 51.0 Å². The molecule has 3 aromatic rings. The number of benzene rings is 1. The molecule has 5 nitrogen and oxygen atoms in total. The van der Waals surface area contributed by atoms with Gasteiger partial charge in [-0.2, -0.15) is 0 Å². The standard InChI is InChI=1S/C21H24N4O/c1-14(2)25-19(24-18-11-6-12-22-20(18)25)15-7-5-8-16(13-15)21(26)23-17-9-3-4-10-17/h5-8,11-14,17H,3-4,9-10H2,1-2H3,(H,23,26). The molecule has 1 saturated carbocycles. The van der Waals surface area contributed by atoms with Gasteiger partial charge in [-0.15, -0.1) is 0 Å². The lowest BCUT2D eigenvalue weighted by molar-refractivity contribution is 0.0938. The van der Waals surface area contributed by atoms with E-state index in [-0.39, 0.29) is 11.9 Å². The van der Waals surface area contributed by atoms with Crippen molar-refractivity contribution in [1.82, 2.24) is 19.9 Å². The Kier molecular flexibility index (Phi) is 4.45. The average molecular weight is 348 g/mol. The van der Waals surface area contributed by atoms with Crippen molar-refractivity contribution in [2.24, 2.45) is 0 Å². The predicted molar refractivity (Wildman–Crippen MR) is 103 cm³/mol. The van der Waals surface area contributed by atoms with E-state index in [0.29, 0.717) is 11.6 Å². The lowest BCUT2D eigenvalue weighted by Gasteiger charge is -2.14. The molecule has 1 aliphatic rings. The zero-order chi connectivity index (χ0) is 18.1. The predicted octanol–water partition coefficient (Wildman–Crippen LogP) is 4.35. The van der Waals surface area contributed by atoms with Crippen LogP contribution in [0.3, 0.4) is 0 Å². The van der Waals surface area contributed by atoms with Crippen molar-refractivity contribution >= 4 is 17.1 Å². The number of pyridine rings is 1. The van der Waals surface area contributed by atoms with Crippen LogP contribution in [-0.4, -0.2) is 26.5 Å². The van der Waals surface area contributed by atoms with Crippen LogP contribution in [0.1, 0.15) is 55.9 Å². The number of aromatic nitrogens is 3. The highest BCUT2D eigenvalue weighted by Crippen LogP contribution is 2.28. The largest absolute Gasteiger partial charge is 0.349 e. The van der Waals surface area contributed by atoms with Crippen LogP contribution in [0.2, 0.25) is 0 Å². The van der Waals surface area contributed by atoms with Crippen molar-refractivity contribution in [3.63, 3.8) is 0 Å². The monoisotopic (exact) mass is 348 g/mol. The number of fused-ring (bicyclic) bond motifs is 1. The molecule has 0 aliphatic heterocycles. The third kappa shape index (κ3) is 3.09. The molecule has 0 spiro atoms. The Morgan fingerprint density at radius 3 is 2.77 bits per heavy atom. The number of carbonyl (C=O) groups excluding carboxylic acids is 1. The number of rotatable bonds is 4. The molecule has 0 saturated heterocycles. The Morgan fingerprint density at radius 1 is 1.19 bits per heavy atom. The Bertz CT molecular complexity index is 938. The molecule has 2 heterocycles. The molecule has 0 bridgehead atoms. The van der Waals surface area contributed by atoms with Crippen LogP contribution in [0.4, 0.5) is 0 Å². The number of nitrogens with one attached hydrogen (secondary N) is 1. The molecule has 0 unspecified atom stereocenters. The lowest BCUT2D eigenvalue weighted by Crippen LogP contribution is -2.32. The molecule has 2 aromatic heterocycles. The Balaban J connectivity index is 1.71. The highest BCUT2D eigenvalue weighted by Gasteiger charge is 2.20. The molecule has 1 aromatic carbocycles. The molecular weight excluding hydrogens is 324 g/mol. The molecule has 0 radical (unpaired) electrons. The van der Waals surface area contributed by atoms with Crippen LogP contribution in [0, 0.1) is 0 Å². The fraction of sp³-hybridized carbons (Fsp3) is 0.381. The quantitative estimate of drug-likeness (QED) is 0.762. The van der Waals surface area contributed by atoms with E-state index < -0.39 is 0 Å². The number of hydrogen-bond donors (Lipinski definition) is 1. The van der Waals surface area contributed by atoms with Crippen molar-refractivity contribution in [3.05, 3.63) is 48.2 Å². The lowest BCUT2D eigenvalue weighted by atomic mass is 10.1. The highest BCUT2D eigenvalue weighted by atomic mass is 16.1. The van der Waals surface area contributed by atoms with Crippen LogP contribution < -0.4 is 5.32 Å². The second-order valence-corrected chi connectivity index (χ2v) is 7.28. The molecule has 0 atom stereocenters. The van der Waals surface area contributed by atoms with Crippen molar-refractivity contribution in [1.29, 1.82) is 0 Å². The first-order chi connectivity index (χ1) is 12.6. The van der Waals surface area contributed by atoms with Gasteiger partial charge in [-0.1, -0.05) is 25.0 Å². The van der Waals surface area contributed by atoms with Gasteiger partial charge in [0, 0.05) is 29.4 Å². The minimum atomic E-state index is 0.00378. The van der Waals surface area contributed by atoms with Crippen LogP contribution in [-0.2, 0) is 0 Å². The van der Waals surface area contributed by atoms with Crippen molar-refractivity contribution in [2.75, 3.05) is 0 Å². The van der Waals surface area contributed by atoms with E-state index in [9.17, 15) is 4.79 Å². The SMILES string of the molecule is CC(C)n1c(-c2cccc(C(=O)NC3CCCC3)c2)nc2cccnc21. The van der Waals surface area contributed by atoms with E-state index in [4.69, 9.17) is 4.98 Å². The molecule has 1 N–H and O–H groups in total. The summed E-state index contributed by atoms with van der Waals surface area (Å²) < 4.78 is 2.13. The topological polar surface area (TPSA) is 59.8 Å². The number of hydrogen-bond acceptors (Lipinski definition) is 3. The second kappa shape index (κ2) is 6.90. The van der Waals surface area contributed by atoms with Crippen molar-refractivity contribution < 1.29 is 4.79 Å². The fourth-order valence-electron chi connectivity index (χ4n) is 3.76. The smallest absolute Gasteiger partial charge is 0.251 e. The maximum atomic E-state index is 12.6. The van der Waals surface area contributed by atoms with Crippen molar-refractivity contribution in [2.45, 2.75) is 51.6 Å². The summed E-state index contributed by atoms with van der Waals surface area (Å²) in [5.74, 6) is 0.855. The summed E-state index contributed by atoms with van der Waals surface area (Å²) in [6.07, 6.45) is 6.37. The first-order valence-corrected chi connectivity index (χ1v) is 9.38. The molecular formula is C21H24N4O. The third-order valence-electron chi connectivity index (χ3n) is 5.04. The van der Waals surface area contributed by atoms with Gasteiger partial charge in [0.2, 0.25) is 0 Å². The van der Waals surface area contributed by atoms with Gasteiger partial charge in [0.25, 0.3) is 5.91 Å². The molecule has 1 fully saturated rings. The zero-order valence-electron chi connectivity index (χ0n) is 15.3. The van der Waals surface area contributed by atoms with Gasteiger partial charge in [0.05, 0.1) is 0 Å². The van der Waals surface area contributed by atoms with Gasteiger partial charge in [-0.25, -0.2) is 9.97 Å².